The molecule has 0 N–H and O–H groups in total. The molecule has 0 aliphatic heterocycles. The van der Waals surface area contributed by atoms with Crippen molar-refractivity contribution in [2.75, 3.05) is 0 Å². The summed E-state index contributed by atoms with van der Waals surface area (Å²) in [6.45, 7) is 2.03. The maximum absolute atomic E-state index is 4.30. The molecule has 0 atom stereocenters. The predicted molar refractivity (Wildman–Crippen MR) is 54.1 cm³/mol. The van der Waals surface area contributed by atoms with Crippen molar-refractivity contribution in [3.05, 3.63) is 22.7 Å². The van der Waals surface area contributed by atoms with Crippen LogP contribution in [-0.4, -0.2) is 19.1 Å². The van der Waals surface area contributed by atoms with Gasteiger partial charge in [-0.2, -0.15) is 9.47 Å². The Balaban J connectivity index is 2.35. The molecule has 0 bridgehead atoms. The van der Waals surface area contributed by atoms with Gasteiger partial charge in [0.15, 0.2) is 0 Å². The Morgan fingerprint density at radius 1 is 1.62 bits per heavy atom. The Morgan fingerprint density at radius 2 is 2.46 bits per heavy atom. The van der Waals surface area contributed by atoms with Gasteiger partial charge in [-0.25, -0.2) is 9.67 Å². The van der Waals surface area contributed by atoms with Gasteiger partial charge in [0, 0.05) is 24.2 Å². The third-order valence-corrected chi connectivity index (χ3v) is 2.67. The monoisotopic (exact) mass is 258 g/mol. The van der Waals surface area contributed by atoms with Crippen molar-refractivity contribution in [3.63, 3.8) is 0 Å². The maximum atomic E-state index is 4.30. The van der Waals surface area contributed by atoms with Crippen LogP contribution in [0.5, 0.6) is 0 Å². The van der Waals surface area contributed by atoms with Crippen molar-refractivity contribution in [1.82, 2.24) is 19.1 Å². The van der Waals surface area contributed by atoms with Crippen LogP contribution < -0.4 is 0 Å². The summed E-state index contributed by atoms with van der Waals surface area (Å²) >= 11 is 4.69. The molecule has 0 fully saturated rings. The Morgan fingerprint density at radius 3 is 3.00 bits per heavy atom. The lowest BCUT2D eigenvalue weighted by atomic mass is 10.5. The summed E-state index contributed by atoms with van der Waals surface area (Å²) in [6, 6.07) is 0. The van der Waals surface area contributed by atoms with Gasteiger partial charge in [-0.3, -0.25) is 0 Å². The molecule has 2 aromatic rings. The van der Waals surface area contributed by atoms with Crippen LogP contribution in [0.25, 0.3) is 5.13 Å². The first-order chi connectivity index (χ1) is 6.29. The van der Waals surface area contributed by atoms with E-state index in [1.165, 1.54) is 11.5 Å². The van der Waals surface area contributed by atoms with Crippen LogP contribution in [0, 0.1) is 0 Å². The van der Waals surface area contributed by atoms with E-state index in [0.29, 0.717) is 0 Å². The summed E-state index contributed by atoms with van der Waals surface area (Å²) in [7, 11) is 0. The van der Waals surface area contributed by atoms with Gasteiger partial charge in [-0.15, -0.1) is 0 Å². The zero-order chi connectivity index (χ0) is 9.26. The lowest BCUT2D eigenvalue weighted by Crippen LogP contribution is -1.93. The Hall–Kier alpha value is -0.750. The highest BCUT2D eigenvalue weighted by atomic mass is 79.9. The van der Waals surface area contributed by atoms with Gasteiger partial charge < -0.3 is 0 Å². The number of hydrogen-bond acceptors (Lipinski definition) is 4. The summed E-state index contributed by atoms with van der Waals surface area (Å²) in [6.07, 6.45) is 4.45. The first kappa shape index (κ1) is 8.83. The van der Waals surface area contributed by atoms with E-state index in [1.807, 2.05) is 13.1 Å². The van der Waals surface area contributed by atoms with Crippen molar-refractivity contribution >= 4 is 27.5 Å². The standard InChI is InChI=1S/C7H7BrN4S/c1-2-6-10-7(13-11-6)12-4-5(8)3-9-12/h3-4H,2H2,1H3. The quantitative estimate of drug-likeness (QED) is 0.829. The van der Waals surface area contributed by atoms with Crippen LogP contribution in [0.3, 0.4) is 0 Å². The SMILES string of the molecule is CCc1nsc(-n2cc(Br)cn2)n1. The van der Waals surface area contributed by atoms with Crippen LogP contribution in [0.15, 0.2) is 16.9 Å². The minimum Gasteiger partial charge on any atom is -0.211 e. The van der Waals surface area contributed by atoms with Crippen LogP contribution in [-0.2, 0) is 6.42 Å². The van der Waals surface area contributed by atoms with E-state index in [2.05, 4.69) is 30.4 Å². The largest absolute Gasteiger partial charge is 0.230 e. The number of hydrogen-bond donors (Lipinski definition) is 0. The summed E-state index contributed by atoms with van der Waals surface area (Å²) in [5.41, 5.74) is 0. The highest BCUT2D eigenvalue weighted by Crippen LogP contribution is 2.14. The van der Waals surface area contributed by atoms with Crippen LogP contribution in [0.2, 0.25) is 0 Å². The average molecular weight is 259 g/mol. The molecule has 0 aliphatic carbocycles. The lowest BCUT2D eigenvalue weighted by Gasteiger charge is -1.89. The molecule has 0 aromatic carbocycles. The van der Waals surface area contributed by atoms with E-state index in [1.54, 1.807) is 10.9 Å². The van der Waals surface area contributed by atoms with E-state index in [9.17, 15) is 0 Å². The minimum absolute atomic E-state index is 0.808. The van der Waals surface area contributed by atoms with Crippen molar-refractivity contribution in [3.8, 4) is 5.13 Å². The van der Waals surface area contributed by atoms with Crippen LogP contribution in [0.4, 0.5) is 0 Å². The summed E-state index contributed by atoms with van der Waals surface area (Å²) in [5, 5.41) is 4.92. The predicted octanol–water partition coefficient (Wildman–Crippen LogP) is 2.05. The Kier molecular flexibility index (Phi) is 2.41. The van der Waals surface area contributed by atoms with Gasteiger partial charge in [-0.05, 0) is 15.9 Å². The van der Waals surface area contributed by atoms with E-state index < -0.39 is 0 Å². The third-order valence-electron chi connectivity index (χ3n) is 1.52. The zero-order valence-corrected chi connectivity index (χ0v) is 9.34. The van der Waals surface area contributed by atoms with Crippen molar-refractivity contribution in [2.24, 2.45) is 0 Å². The fourth-order valence-corrected chi connectivity index (χ4v) is 1.86. The topological polar surface area (TPSA) is 43.6 Å². The molecule has 0 unspecified atom stereocenters. The molecule has 4 nitrogen and oxygen atoms in total. The molecule has 0 spiro atoms. The number of aromatic nitrogens is 4. The highest BCUT2D eigenvalue weighted by molar-refractivity contribution is 9.10. The summed E-state index contributed by atoms with van der Waals surface area (Å²) in [5.74, 6) is 0.867. The molecule has 68 valence electrons. The molecule has 13 heavy (non-hydrogen) atoms. The second-order valence-corrected chi connectivity index (χ2v) is 4.10. The van der Waals surface area contributed by atoms with Crippen LogP contribution >= 0.6 is 27.5 Å². The van der Waals surface area contributed by atoms with Crippen molar-refractivity contribution in [2.45, 2.75) is 13.3 Å². The smallest absolute Gasteiger partial charge is 0.211 e. The summed E-state index contributed by atoms with van der Waals surface area (Å²) in [4.78, 5) is 4.30. The first-order valence-electron chi connectivity index (χ1n) is 3.82. The average Bonchev–Trinajstić information content (AvgIpc) is 2.71. The van der Waals surface area contributed by atoms with Gasteiger partial charge in [-0.1, -0.05) is 6.92 Å². The van der Waals surface area contributed by atoms with Gasteiger partial charge in [0.25, 0.3) is 0 Å². The zero-order valence-electron chi connectivity index (χ0n) is 6.94. The molecule has 0 saturated heterocycles. The highest BCUT2D eigenvalue weighted by Gasteiger charge is 2.04. The lowest BCUT2D eigenvalue weighted by molar-refractivity contribution is 0.854. The molecule has 0 amide bonds. The van der Waals surface area contributed by atoms with Crippen LogP contribution in [0.1, 0.15) is 12.7 Å². The van der Waals surface area contributed by atoms with E-state index in [-0.39, 0.29) is 0 Å². The second-order valence-electron chi connectivity index (χ2n) is 2.45. The van der Waals surface area contributed by atoms with E-state index in [0.717, 1.165) is 21.8 Å². The van der Waals surface area contributed by atoms with Gasteiger partial charge in [0.05, 0.1) is 10.7 Å². The normalized spacial score (nSPS) is 10.6. The van der Waals surface area contributed by atoms with E-state index in [4.69, 9.17) is 0 Å². The number of rotatable bonds is 2. The Labute approximate surface area is 87.9 Å². The fraction of sp³-hybridized carbons (Fsp3) is 0.286. The number of halogens is 1. The van der Waals surface area contributed by atoms with Gasteiger partial charge in [0.2, 0.25) is 5.13 Å². The molecule has 0 aliphatic rings. The second kappa shape index (κ2) is 3.55. The number of aryl methyl sites for hydroxylation is 1. The molecule has 2 rings (SSSR count). The summed E-state index contributed by atoms with van der Waals surface area (Å²) < 4.78 is 6.83. The minimum atomic E-state index is 0.808. The van der Waals surface area contributed by atoms with E-state index >= 15 is 0 Å². The maximum Gasteiger partial charge on any atom is 0.230 e. The molecule has 2 aromatic heterocycles. The first-order valence-corrected chi connectivity index (χ1v) is 5.39. The van der Waals surface area contributed by atoms with Crippen molar-refractivity contribution in [1.29, 1.82) is 0 Å². The Bertz CT molecular complexity index is 408. The third kappa shape index (κ3) is 1.78. The van der Waals surface area contributed by atoms with Gasteiger partial charge >= 0.3 is 0 Å². The molecular weight excluding hydrogens is 252 g/mol. The molecular formula is C7H7BrN4S. The molecule has 6 heteroatoms. The molecule has 0 radical (unpaired) electrons. The number of nitrogens with zero attached hydrogens (tertiary/aromatic N) is 4. The van der Waals surface area contributed by atoms with Crippen molar-refractivity contribution < 1.29 is 0 Å². The molecule has 2 heterocycles. The fourth-order valence-electron chi connectivity index (χ4n) is 0.887. The molecule has 0 saturated carbocycles. The van der Waals surface area contributed by atoms with Gasteiger partial charge in [0.1, 0.15) is 5.82 Å².